The van der Waals surface area contributed by atoms with Crippen molar-refractivity contribution in [1.29, 1.82) is 0 Å². The van der Waals surface area contributed by atoms with Crippen molar-refractivity contribution >= 4 is 21.6 Å². The number of nitrogens with one attached hydrogen (secondary N) is 1. The summed E-state index contributed by atoms with van der Waals surface area (Å²) >= 11 is 0. The zero-order valence-electron chi connectivity index (χ0n) is 11.9. The van der Waals surface area contributed by atoms with E-state index in [1.54, 1.807) is 24.1 Å². The van der Waals surface area contributed by atoms with Gasteiger partial charge in [-0.15, -0.1) is 0 Å². The lowest BCUT2D eigenvalue weighted by atomic mass is 10.2. The molecule has 6 nitrogen and oxygen atoms in total. The summed E-state index contributed by atoms with van der Waals surface area (Å²) in [5.41, 5.74) is 7.17. The van der Waals surface area contributed by atoms with E-state index >= 15 is 0 Å². The highest BCUT2D eigenvalue weighted by atomic mass is 32.2. The average Bonchev–Trinajstić information content (AvgIpc) is 3.24. The fraction of sp³-hybridized carbons (Fsp3) is 0.500. The number of hydrogen-bond donors (Lipinski definition) is 2. The predicted octanol–water partition coefficient (Wildman–Crippen LogP) is 0.221. The van der Waals surface area contributed by atoms with E-state index in [-0.39, 0.29) is 23.3 Å². The summed E-state index contributed by atoms with van der Waals surface area (Å²) in [5.74, 6) is 0.331. The lowest BCUT2D eigenvalue weighted by molar-refractivity contribution is -0.117. The van der Waals surface area contributed by atoms with Gasteiger partial charge in [0.1, 0.15) is 0 Å². The molecular weight excluding hydrogens is 290 g/mol. The van der Waals surface area contributed by atoms with Crippen LogP contribution in [0.15, 0.2) is 23.1 Å². The van der Waals surface area contributed by atoms with Gasteiger partial charge in [-0.3, -0.25) is 4.79 Å². The van der Waals surface area contributed by atoms with Crippen LogP contribution in [-0.2, 0) is 21.2 Å². The highest BCUT2D eigenvalue weighted by Crippen LogP contribution is 2.33. The van der Waals surface area contributed by atoms with Crippen LogP contribution in [0.25, 0.3) is 0 Å². The van der Waals surface area contributed by atoms with E-state index in [1.807, 2.05) is 0 Å². The van der Waals surface area contributed by atoms with Crippen LogP contribution in [0.2, 0.25) is 0 Å². The molecule has 2 aliphatic rings. The number of benzene rings is 1. The van der Waals surface area contributed by atoms with Crippen LogP contribution in [0.4, 0.5) is 5.69 Å². The van der Waals surface area contributed by atoms with Crippen molar-refractivity contribution in [2.75, 3.05) is 18.5 Å². The molecular formula is C14H19N3O3S. The monoisotopic (exact) mass is 309 g/mol. The maximum Gasteiger partial charge on any atom is 0.240 e. The van der Waals surface area contributed by atoms with Gasteiger partial charge in [0.2, 0.25) is 15.9 Å². The summed E-state index contributed by atoms with van der Waals surface area (Å²) in [6, 6.07) is 4.60. The van der Waals surface area contributed by atoms with E-state index in [4.69, 9.17) is 5.73 Å². The molecule has 1 amide bonds. The molecule has 1 aliphatic heterocycles. The number of sulfonamides is 1. The number of amides is 1. The summed E-state index contributed by atoms with van der Waals surface area (Å²) < 4.78 is 27.5. The second-order valence-corrected chi connectivity index (χ2v) is 7.43. The molecule has 1 aliphatic carbocycles. The van der Waals surface area contributed by atoms with Gasteiger partial charge < -0.3 is 10.6 Å². The zero-order chi connectivity index (χ0) is 15.2. The molecule has 1 aromatic carbocycles. The number of fused-ring (bicyclic) bond motifs is 1. The highest BCUT2D eigenvalue weighted by molar-refractivity contribution is 7.89. The first-order valence-electron chi connectivity index (χ1n) is 7.04. The van der Waals surface area contributed by atoms with E-state index < -0.39 is 10.0 Å². The lowest BCUT2D eigenvalue weighted by Gasteiger charge is -2.17. The number of rotatable bonds is 5. The van der Waals surface area contributed by atoms with Crippen LogP contribution in [-0.4, -0.2) is 34.0 Å². The Morgan fingerprint density at radius 3 is 2.76 bits per heavy atom. The Labute approximate surface area is 124 Å². The second-order valence-electron chi connectivity index (χ2n) is 5.72. The number of nitrogens with zero attached hydrogens (tertiary/aromatic N) is 1. The molecule has 7 heteroatoms. The minimum atomic E-state index is -3.59. The van der Waals surface area contributed by atoms with Gasteiger partial charge in [-0.1, -0.05) is 0 Å². The number of nitrogens with two attached hydrogens (primary N) is 1. The Bertz CT molecular complexity index is 683. The van der Waals surface area contributed by atoms with Crippen molar-refractivity contribution in [3.05, 3.63) is 23.8 Å². The summed E-state index contributed by atoms with van der Waals surface area (Å²) in [5, 5.41) is 0. The summed E-state index contributed by atoms with van der Waals surface area (Å²) in [6.07, 6.45) is 2.29. The van der Waals surface area contributed by atoms with E-state index in [1.165, 1.54) is 6.07 Å². The van der Waals surface area contributed by atoms with Gasteiger partial charge in [0.25, 0.3) is 0 Å². The number of carbonyl (C=O) groups excluding carboxylic acids is 1. The van der Waals surface area contributed by atoms with Crippen molar-refractivity contribution in [2.45, 2.75) is 30.2 Å². The summed E-state index contributed by atoms with van der Waals surface area (Å²) in [6.45, 7) is 0.302. The van der Waals surface area contributed by atoms with Crippen molar-refractivity contribution in [3.63, 3.8) is 0 Å². The van der Waals surface area contributed by atoms with Crippen molar-refractivity contribution in [2.24, 2.45) is 11.7 Å². The molecule has 0 spiro atoms. The maximum atomic E-state index is 12.4. The van der Waals surface area contributed by atoms with Crippen molar-refractivity contribution in [3.8, 4) is 0 Å². The quantitative estimate of drug-likeness (QED) is 0.814. The van der Waals surface area contributed by atoms with Gasteiger partial charge in [-0.25, -0.2) is 13.1 Å². The molecule has 114 valence electrons. The van der Waals surface area contributed by atoms with Crippen LogP contribution < -0.4 is 15.4 Å². The molecule has 0 bridgehead atoms. The Kier molecular flexibility index (Phi) is 3.51. The smallest absolute Gasteiger partial charge is 0.240 e. The molecule has 1 saturated carbocycles. The van der Waals surface area contributed by atoms with Crippen molar-refractivity contribution < 1.29 is 13.2 Å². The molecule has 0 saturated heterocycles. The van der Waals surface area contributed by atoms with E-state index in [9.17, 15) is 13.2 Å². The van der Waals surface area contributed by atoms with Crippen LogP contribution in [0, 0.1) is 5.92 Å². The molecule has 1 fully saturated rings. The first kappa shape index (κ1) is 14.5. The standard InChI is InChI=1S/C14H19N3O3S/c1-17-13-5-4-11(6-10(13)7-14(17)18)21(19,20)16-12(8-15)9-2-3-9/h4-6,9,12,16H,2-3,7-8,15H2,1H3. The molecule has 21 heavy (non-hydrogen) atoms. The molecule has 1 atom stereocenters. The van der Waals surface area contributed by atoms with Gasteiger partial charge in [0.05, 0.1) is 11.3 Å². The number of anilines is 1. The lowest BCUT2D eigenvalue weighted by Crippen LogP contribution is -2.41. The molecule has 3 N–H and O–H groups in total. The number of likely N-dealkylation sites (N-methyl/N-ethyl adjacent to an activating group) is 1. The summed E-state index contributed by atoms with van der Waals surface area (Å²) in [4.78, 5) is 13.4. The Balaban J connectivity index is 1.86. The molecule has 0 radical (unpaired) electrons. The Hall–Kier alpha value is -1.44. The summed E-state index contributed by atoms with van der Waals surface area (Å²) in [7, 11) is -1.90. The third kappa shape index (κ3) is 2.68. The molecule has 1 unspecified atom stereocenters. The van der Waals surface area contributed by atoms with Gasteiger partial charge in [0.15, 0.2) is 0 Å². The second kappa shape index (κ2) is 5.08. The van der Waals surface area contributed by atoms with Gasteiger partial charge in [0, 0.05) is 25.3 Å². The van der Waals surface area contributed by atoms with E-state index in [2.05, 4.69) is 4.72 Å². The van der Waals surface area contributed by atoms with Crippen LogP contribution in [0.5, 0.6) is 0 Å². The van der Waals surface area contributed by atoms with Crippen LogP contribution >= 0.6 is 0 Å². The van der Waals surface area contributed by atoms with Crippen LogP contribution in [0.3, 0.4) is 0 Å². The number of carbonyl (C=O) groups is 1. The minimum Gasteiger partial charge on any atom is -0.329 e. The fourth-order valence-electron chi connectivity index (χ4n) is 2.72. The van der Waals surface area contributed by atoms with Gasteiger partial charge >= 0.3 is 0 Å². The largest absolute Gasteiger partial charge is 0.329 e. The van der Waals surface area contributed by atoms with E-state index in [0.717, 1.165) is 24.1 Å². The first-order chi connectivity index (χ1) is 9.92. The molecule has 1 aromatic rings. The SMILES string of the molecule is CN1C(=O)Cc2cc(S(=O)(=O)NC(CN)C3CC3)ccc21. The predicted molar refractivity (Wildman–Crippen MR) is 79.4 cm³/mol. The highest BCUT2D eigenvalue weighted by Gasteiger charge is 2.34. The minimum absolute atomic E-state index is 0.0228. The number of hydrogen-bond acceptors (Lipinski definition) is 4. The van der Waals surface area contributed by atoms with Crippen LogP contribution in [0.1, 0.15) is 18.4 Å². The third-order valence-corrected chi connectivity index (χ3v) is 5.68. The van der Waals surface area contributed by atoms with E-state index in [0.29, 0.717) is 12.5 Å². The molecule has 0 aromatic heterocycles. The fourth-order valence-corrected chi connectivity index (χ4v) is 4.08. The zero-order valence-corrected chi connectivity index (χ0v) is 12.7. The first-order valence-corrected chi connectivity index (χ1v) is 8.52. The van der Waals surface area contributed by atoms with Crippen molar-refractivity contribution in [1.82, 2.24) is 4.72 Å². The topological polar surface area (TPSA) is 92.5 Å². The molecule has 3 rings (SSSR count). The third-order valence-electron chi connectivity index (χ3n) is 4.19. The average molecular weight is 309 g/mol. The van der Waals surface area contributed by atoms with Gasteiger partial charge in [-0.05, 0) is 42.5 Å². The Morgan fingerprint density at radius 2 is 2.14 bits per heavy atom. The molecule has 1 heterocycles. The normalized spacial score (nSPS) is 19.7. The van der Waals surface area contributed by atoms with Gasteiger partial charge in [-0.2, -0.15) is 0 Å². The maximum absolute atomic E-state index is 12.4. The Morgan fingerprint density at radius 1 is 1.43 bits per heavy atom.